The molecule has 0 aliphatic carbocycles. The quantitative estimate of drug-likeness (QED) is 0.868. The van der Waals surface area contributed by atoms with E-state index in [9.17, 15) is 0 Å². The first-order valence-electron chi connectivity index (χ1n) is 4.16. The van der Waals surface area contributed by atoms with Crippen LogP contribution in [0.2, 0.25) is 0 Å². The number of aryl methyl sites for hydroxylation is 1. The van der Waals surface area contributed by atoms with E-state index in [1.165, 1.54) is 11.1 Å². The largest absolute Gasteiger partial charge is 0.324 e. The van der Waals surface area contributed by atoms with Gasteiger partial charge in [-0.05, 0) is 30.5 Å². The molecule has 0 heterocycles. The zero-order valence-electron chi connectivity index (χ0n) is 7.88. The van der Waals surface area contributed by atoms with Gasteiger partial charge in [-0.25, -0.2) is 0 Å². The second-order valence-electron chi connectivity index (χ2n) is 3.02. The predicted octanol–water partition coefficient (Wildman–Crippen LogP) is 3.59. The maximum Gasteiger partial charge on any atom is 0.0292 e. The summed E-state index contributed by atoms with van der Waals surface area (Å²) in [6.07, 6.45) is 0.982. The fourth-order valence-electron chi connectivity index (χ4n) is 1.08. The van der Waals surface area contributed by atoms with E-state index in [0.717, 1.165) is 10.9 Å². The minimum atomic E-state index is 0. The van der Waals surface area contributed by atoms with Gasteiger partial charge in [-0.2, -0.15) is 0 Å². The van der Waals surface area contributed by atoms with Gasteiger partial charge in [0.1, 0.15) is 0 Å². The Balaban J connectivity index is 0.00000144. The summed E-state index contributed by atoms with van der Waals surface area (Å²) < 4.78 is 1.14. The van der Waals surface area contributed by atoms with Gasteiger partial charge in [0.25, 0.3) is 0 Å². The zero-order chi connectivity index (χ0) is 9.14. The lowest BCUT2D eigenvalue weighted by molar-refractivity contribution is 0.698. The van der Waals surface area contributed by atoms with E-state index in [4.69, 9.17) is 5.73 Å². The maximum absolute atomic E-state index is 5.89. The SMILES string of the molecule is CC[C@H](N)c1ccc(C)c(Br)c1.Cl. The van der Waals surface area contributed by atoms with Crippen molar-refractivity contribution in [3.63, 3.8) is 0 Å². The molecule has 1 atom stereocenters. The van der Waals surface area contributed by atoms with Gasteiger partial charge in [-0.1, -0.05) is 35.0 Å². The highest BCUT2D eigenvalue weighted by molar-refractivity contribution is 9.10. The van der Waals surface area contributed by atoms with E-state index in [1.807, 2.05) is 0 Å². The molecule has 3 heteroatoms. The van der Waals surface area contributed by atoms with Gasteiger partial charge in [0, 0.05) is 10.5 Å². The molecule has 74 valence electrons. The molecule has 0 spiro atoms. The zero-order valence-corrected chi connectivity index (χ0v) is 10.3. The first-order chi connectivity index (χ1) is 5.65. The molecule has 0 aromatic heterocycles. The normalized spacial score (nSPS) is 12.0. The van der Waals surface area contributed by atoms with E-state index in [2.05, 4.69) is 48.0 Å². The van der Waals surface area contributed by atoms with Crippen molar-refractivity contribution in [2.75, 3.05) is 0 Å². The van der Waals surface area contributed by atoms with Gasteiger partial charge in [-0.3, -0.25) is 0 Å². The molecule has 13 heavy (non-hydrogen) atoms. The monoisotopic (exact) mass is 263 g/mol. The fourth-order valence-corrected chi connectivity index (χ4v) is 1.47. The van der Waals surface area contributed by atoms with Gasteiger partial charge >= 0.3 is 0 Å². The minimum absolute atomic E-state index is 0. The van der Waals surface area contributed by atoms with E-state index in [0.29, 0.717) is 0 Å². The molecule has 0 bridgehead atoms. The molecule has 0 aliphatic heterocycles. The summed E-state index contributed by atoms with van der Waals surface area (Å²) in [5, 5.41) is 0. The van der Waals surface area contributed by atoms with Crippen LogP contribution in [0.3, 0.4) is 0 Å². The Morgan fingerprint density at radius 1 is 1.46 bits per heavy atom. The first kappa shape index (κ1) is 12.9. The van der Waals surface area contributed by atoms with Gasteiger partial charge in [0.2, 0.25) is 0 Å². The molecule has 1 rings (SSSR count). The molecule has 0 fully saturated rings. The molecule has 0 radical (unpaired) electrons. The van der Waals surface area contributed by atoms with E-state index >= 15 is 0 Å². The fraction of sp³-hybridized carbons (Fsp3) is 0.400. The lowest BCUT2D eigenvalue weighted by Gasteiger charge is -2.10. The molecule has 0 unspecified atom stereocenters. The van der Waals surface area contributed by atoms with Crippen LogP contribution in [-0.2, 0) is 0 Å². The minimum Gasteiger partial charge on any atom is -0.324 e. The van der Waals surface area contributed by atoms with Crippen molar-refractivity contribution in [3.8, 4) is 0 Å². The van der Waals surface area contributed by atoms with Crippen molar-refractivity contribution in [3.05, 3.63) is 33.8 Å². The highest BCUT2D eigenvalue weighted by atomic mass is 79.9. The first-order valence-corrected chi connectivity index (χ1v) is 4.96. The van der Waals surface area contributed by atoms with Crippen LogP contribution >= 0.6 is 28.3 Å². The van der Waals surface area contributed by atoms with Crippen molar-refractivity contribution in [1.29, 1.82) is 0 Å². The van der Waals surface area contributed by atoms with Gasteiger partial charge in [0.05, 0.1) is 0 Å². The van der Waals surface area contributed by atoms with Crippen LogP contribution in [0.5, 0.6) is 0 Å². The Kier molecular flexibility index (Phi) is 5.61. The summed E-state index contributed by atoms with van der Waals surface area (Å²) in [5.41, 5.74) is 8.35. The number of benzene rings is 1. The van der Waals surface area contributed by atoms with Crippen LogP contribution in [0, 0.1) is 6.92 Å². The number of nitrogens with two attached hydrogens (primary N) is 1. The van der Waals surface area contributed by atoms with Crippen LogP contribution in [0.15, 0.2) is 22.7 Å². The maximum atomic E-state index is 5.89. The number of rotatable bonds is 2. The van der Waals surface area contributed by atoms with Crippen molar-refractivity contribution < 1.29 is 0 Å². The highest BCUT2D eigenvalue weighted by Crippen LogP contribution is 2.21. The Bertz CT molecular complexity index is 276. The second kappa shape index (κ2) is 5.63. The topological polar surface area (TPSA) is 26.0 Å². The van der Waals surface area contributed by atoms with E-state index in [-0.39, 0.29) is 18.4 Å². The Hall–Kier alpha value is -0.0500. The summed E-state index contributed by atoms with van der Waals surface area (Å²) in [5.74, 6) is 0. The van der Waals surface area contributed by atoms with Crippen LogP contribution in [0.25, 0.3) is 0 Å². The second-order valence-corrected chi connectivity index (χ2v) is 3.88. The molecule has 1 aromatic carbocycles. The predicted molar refractivity (Wildman–Crippen MR) is 63.3 cm³/mol. The van der Waals surface area contributed by atoms with Gasteiger partial charge < -0.3 is 5.73 Å². The average molecular weight is 265 g/mol. The highest BCUT2D eigenvalue weighted by Gasteiger charge is 2.03. The molecular weight excluding hydrogens is 249 g/mol. The summed E-state index contributed by atoms with van der Waals surface area (Å²) in [4.78, 5) is 0. The number of halogens is 2. The average Bonchev–Trinajstić information content (AvgIpc) is 2.08. The molecule has 0 amide bonds. The summed E-state index contributed by atoms with van der Waals surface area (Å²) in [7, 11) is 0. The molecule has 1 nitrogen and oxygen atoms in total. The summed E-state index contributed by atoms with van der Waals surface area (Å²) >= 11 is 3.49. The van der Waals surface area contributed by atoms with Crippen LogP contribution < -0.4 is 5.73 Å². The van der Waals surface area contributed by atoms with Crippen LogP contribution in [-0.4, -0.2) is 0 Å². The third-order valence-electron chi connectivity index (χ3n) is 2.06. The Morgan fingerprint density at radius 3 is 2.54 bits per heavy atom. The lowest BCUT2D eigenvalue weighted by atomic mass is 10.0. The Labute approximate surface area is 94.3 Å². The molecule has 2 N–H and O–H groups in total. The van der Waals surface area contributed by atoms with Crippen LogP contribution in [0.4, 0.5) is 0 Å². The van der Waals surface area contributed by atoms with Crippen molar-refractivity contribution in [2.45, 2.75) is 26.3 Å². The van der Waals surface area contributed by atoms with Crippen LogP contribution in [0.1, 0.15) is 30.5 Å². The smallest absolute Gasteiger partial charge is 0.0292 e. The van der Waals surface area contributed by atoms with E-state index < -0.39 is 0 Å². The molecule has 0 saturated carbocycles. The summed E-state index contributed by atoms with van der Waals surface area (Å²) in [6.45, 7) is 4.17. The number of hydrogen-bond donors (Lipinski definition) is 1. The lowest BCUT2D eigenvalue weighted by Crippen LogP contribution is -2.08. The standard InChI is InChI=1S/C10H14BrN.ClH/c1-3-10(12)8-5-4-7(2)9(11)6-8;/h4-6,10H,3,12H2,1-2H3;1H/t10-;/m0./s1. The van der Waals surface area contributed by atoms with Crippen molar-refractivity contribution >= 4 is 28.3 Å². The molecular formula is C10H15BrClN. The van der Waals surface area contributed by atoms with Crippen molar-refractivity contribution in [2.24, 2.45) is 5.73 Å². The van der Waals surface area contributed by atoms with Gasteiger partial charge in [0.15, 0.2) is 0 Å². The third-order valence-corrected chi connectivity index (χ3v) is 2.92. The van der Waals surface area contributed by atoms with E-state index in [1.54, 1.807) is 0 Å². The molecule has 0 saturated heterocycles. The third kappa shape index (κ3) is 3.29. The number of hydrogen-bond acceptors (Lipinski definition) is 1. The molecule has 1 aromatic rings. The summed E-state index contributed by atoms with van der Waals surface area (Å²) in [6, 6.07) is 6.45. The van der Waals surface area contributed by atoms with Crippen molar-refractivity contribution in [1.82, 2.24) is 0 Å². The molecule has 0 aliphatic rings. The van der Waals surface area contributed by atoms with Gasteiger partial charge in [-0.15, -0.1) is 12.4 Å². The Morgan fingerprint density at radius 2 is 2.08 bits per heavy atom.